The van der Waals surface area contributed by atoms with Gasteiger partial charge >= 0.3 is 11.8 Å². The summed E-state index contributed by atoms with van der Waals surface area (Å²) in [5.41, 5.74) is 0.357. The van der Waals surface area contributed by atoms with E-state index < -0.39 is 11.8 Å². The molecule has 6 nitrogen and oxygen atoms in total. The van der Waals surface area contributed by atoms with Crippen molar-refractivity contribution in [3.05, 3.63) is 40.1 Å². The molecule has 0 aliphatic carbocycles. The monoisotopic (exact) mass is 313 g/mol. The second-order valence-electron chi connectivity index (χ2n) is 3.86. The van der Waals surface area contributed by atoms with Gasteiger partial charge in [-0.1, -0.05) is 28.4 Å². The number of hydrogen-bond acceptors (Lipinski definition) is 4. The lowest BCUT2D eigenvalue weighted by Gasteiger charge is -2.05. The third-order valence-corrected chi connectivity index (χ3v) is 2.99. The number of rotatable bonds is 2. The molecule has 2 aromatic rings. The first-order valence-electron chi connectivity index (χ1n) is 5.46. The summed E-state index contributed by atoms with van der Waals surface area (Å²) >= 11 is 11.5. The van der Waals surface area contributed by atoms with Gasteiger partial charge in [-0.25, -0.2) is 0 Å². The van der Waals surface area contributed by atoms with Crippen LogP contribution in [0.2, 0.25) is 10.0 Å². The zero-order chi connectivity index (χ0) is 14.7. The summed E-state index contributed by atoms with van der Waals surface area (Å²) in [6.45, 7) is 1.67. The van der Waals surface area contributed by atoms with Gasteiger partial charge in [0.15, 0.2) is 5.82 Å². The summed E-state index contributed by atoms with van der Waals surface area (Å²) < 4.78 is 4.76. The van der Waals surface area contributed by atoms with Crippen LogP contribution in [-0.4, -0.2) is 17.0 Å². The van der Waals surface area contributed by atoms with Crippen LogP contribution >= 0.6 is 23.2 Å². The van der Waals surface area contributed by atoms with E-state index in [0.717, 1.165) is 0 Å². The van der Waals surface area contributed by atoms with Crippen molar-refractivity contribution in [1.82, 2.24) is 5.16 Å². The molecule has 0 unspecified atom stereocenters. The molecule has 104 valence electrons. The highest BCUT2D eigenvalue weighted by Gasteiger charge is 2.16. The van der Waals surface area contributed by atoms with Crippen LogP contribution in [0.3, 0.4) is 0 Å². The maximum absolute atomic E-state index is 11.7. The highest BCUT2D eigenvalue weighted by molar-refractivity contribution is 6.44. The highest BCUT2D eigenvalue weighted by atomic mass is 35.5. The van der Waals surface area contributed by atoms with E-state index in [4.69, 9.17) is 27.7 Å². The van der Waals surface area contributed by atoms with Gasteiger partial charge in [0.05, 0.1) is 10.0 Å². The lowest BCUT2D eigenvalue weighted by molar-refractivity contribution is -0.133. The second-order valence-corrected chi connectivity index (χ2v) is 4.67. The molecule has 0 atom stereocenters. The quantitative estimate of drug-likeness (QED) is 0.835. The molecule has 0 bridgehead atoms. The second kappa shape index (κ2) is 5.94. The molecular weight excluding hydrogens is 305 g/mol. The number of aryl methyl sites for hydroxylation is 1. The Hall–Kier alpha value is -2.05. The third-order valence-electron chi connectivity index (χ3n) is 2.25. The van der Waals surface area contributed by atoms with Crippen LogP contribution in [0.5, 0.6) is 0 Å². The topological polar surface area (TPSA) is 84.2 Å². The molecule has 20 heavy (non-hydrogen) atoms. The first-order chi connectivity index (χ1) is 9.45. The number of aromatic nitrogens is 1. The number of benzene rings is 1. The summed E-state index contributed by atoms with van der Waals surface area (Å²) in [4.78, 5) is 23.3. The van der Waals surface area contributed by atoms with Gasteiger partial charge in [0, 0.05) is 11.8 Å². The van der Waals surface area contributed by atoms with Gasteiger partial charge in [0.1, 0.15) is 5.76 Å². The van der Waals surface area contributed by atoms with E-state index in [1.807, 2.05) is 0 Å². The fourth-order valence-electron chi connectivity index (χ4n) is 1.36. The number of nitrogens with zero attached hydrogens (tertiary/aromatic N) is 1. The third kappa shape index (κ3) is 3.49. The van der Waals surface area contributed by atoms with Crippen molar-refractivity contribution >= 4 is 46.5 Å². The van der Waals surface area contributed by atoms with Gasteiger partial charge in [-0.3, -0.25) is 14.9 Å². The van der Waals surface area contributed by atoms with Crippen molar-refractivity contribution in [1.29, 1.82) is 0 Å². The largest absolute Gasteiger partial charge is 0.360 e. The Bertz CT molecular complexity index is 670. The molecule has 1 aromatic heterocycles. The molecule has 0 spiro atoms. The lowest BCUT2D eigenvalue weighted by atomic mass is 10.3. The van der Waals surface area contributed by atoms with E-state index in [2.05, 4.69) is 15.8 Å². The minimum atomic E-state index is -0.871. The minimum absolute atomic E-state index is 0.164. The van der Waals surface area contributed by atoms with Gasteiger partial charge in [0.2, 0.25) is 0 Å². The smallest absolute Gasteiger partial charge is 0.315 e. The molecule has 2 N–H and O–H groups in total. The van der Waals surface area contributed by atoms with Crippen LogP contribution in [0.25, 0.3) is 0 Å². The number of carbonyl (C=O) groups excluding carboxylic acids is 2. The molecule has 1 aromatic carbocycles. The molecule has 0 saturated heterocycles. The Morgan fingerprint density at radius 2 is 1.80 bits per heavy atom. The first-order valence-corrected chi connectivity index (χ1v) is 6.22. The maximum atomic E-state index is 11.7. The molecular formula is C12H9Cl2N3O3. The van der Waals surface area contributed by atoms with E-state index in [-0.39, 0.29) is 10.8 Å². The number of halogens is 2. The number of nitrogens with one attached hydrogen (secondary N) is 2. The predicted octanol–water partition coefficient (Wildman–Crippen LogP) is 2.87. The van der Waals surface area contributed by atoms with E-state index in [1.54, 1.807) is 6.92 Å². The standard InChI is InChI=1S/C12H9Cl2N3O3/c1-6-4-10(17-20-6)16-12(19)11(18)15-7-2-3-8(13)9(14)5-7/h2-5H,1H3,(H,15,18)(H,16,17,19). The van der Waals surface area contributed by atoms with E-state index in [0.29, 0.717) is 16.5 Å². The van der Waals surface area contributed by atoms with Crippen LogP contribution in [0.1, 0.15) is 5.76 Å². The van der Waals surface area contributed by atoms with Crippen molar-refractivity contribution in [2.45, 2.75) is 6.92 Å². The number of hydrogen-bond donors (Lipinski definition) is 2. The van der Waals surface area contributed by atoms with Gasteiger partial charge < -0.3 is 9.84 Å². The van der Waals surface area contributed by atoms with Crippen LogP contribution < -0.4 is 10.6 Å². The summed E-state index contributed by atoms with van der Waals surface area (Å²) in [7, 11) is 0. The normalized spacial score (nSPS) is 10.2. The lowest BCUT2D eigenvalue weighted by Crippen LogP contribution is -2.29. The van der Waals surface area contributed by atoms with E-state index in [1.165, 1.54) is 24.3 Å². The van der Waals surface area contributed by atoms with E-state index >= 15 is 0 Å². The van der Waals surface area contributed by atoms with Gasteiger partial charge in [-0.15, -0.1) is 0 Å². The molecule has 2 amide bonds. The molecule has 0 radical (unpaired) electrons. The van der Waals surface area contributed by atoms with Gasteiger partial charge in [0.25, 0.3) is 0 Å². The van der Waals surface area contributed by atoms with Crippen molar-refractivity contribution in [3.63, 3.8) is 0 Å². The van der Waals surface area contributed by atoms with Crippen molar-refractivity contribution in [3.8, 4) is 0 Å². The van der Waals surface area contributed by atoms with Crippen LogP contribution in [0, 0.1) is 6.92 Å². The Labute approximate surface area is 124 Å². The van der Waals surface area contributed by atoms with Crippen molar-refractivity contribution < 1.29 is 14.1 Å². The summed E-state index contributed by atoms with van der Waals surface area (Å²) in [5.74, 6) is -1.05. The predicted molar refractivity (Wildman–Crippen MR) is 75.0 cm³/mol. The first kappa shape index (κ1) is 14.4. The average Bonchev–Trinajstić information content (AvgIpc) is 2.79. The molecule has 0 aliphatic rings. The van der Waals surface area contributed by atoms with E-state index in [9.17, 15) is 9.59 Å². The zero-order valence-electron chi connectivity index (χ0n) is 10.2. The maximum Gasteiger partial charge on any atom is 0.315 e. The fourth-order valence-corrected chi connectivity index (χ4v) is 1.66. The zero-order valence-corrected chi connectivity index (χ0v) is 11.7. The Morgan fingerprint density at radius 1 is 1.10 bits per heavy atom. The summed E-state index contributed by atoms with van der Waals surface area (Å²) in [6, 6.07) is 5.97. The summed E-state index contributed by atoms with van der Waals surface area (Å²) in [5, 5.41) is 8.85. The molecule has 0 saturated carbocycles. The molecule has 8 heteroatoms. The summed E-state index contributed by atoms with van der Waals surface area (Å²) in [6.07, 6.45) is 0. The van der Waals surface area contributed by atoms with Crippen molar-refractivity contribution in [2.75, 3.05) is 10.6 Å². The minimum Gasteiger partial charge on any atom is -0.360 e. The highest BCUT2D eigenvalue weighted by Crippen LogP contribution is 2.24. The number of carbonyl (C=O) groups is 2. The van der Waals surface area contributed by atoms with Gasteiger partial charge in [-0.2, -0.15) is 0 Å². The van der Waals surface area contributed by atoms with Crippen LogP contribution in [0.15, 0.2) is 28.8 Å². The molecule has 1 heterocycles. The Balaban J connectivity index is 2.00. The molecule has 0 aliphatic heterocycles. The Kier molecular flexibility index (Phi) is 4.26. The van der Waals surface area contributed by atoms with Crippen LogP contribution in [0.4, 0.5) is 11.5 Å². The average molecular weight is 314 g/mol. The molecule has 2 rings (SSSR count). The number of amides is 2. The number of anilines is 2. The Morgan fingerprint density at radius 3 is 2.40 bits per heavy atom. The van der Waals surface area contributed by atoms with Gasteiger partial charge in [-0.05, 0) is 25.1 Å². The fraction of sp³-hybridized carbons (Fsp3) is 0.0833. The SMILES string of the molecule is Cc1cc(NC(=O)C(=O)Nc2ccc(Cl)c(Cl)c2)no1. The van der Waals surface area contributed by atoms with Crippen molar-refractivity contribution in [2.24, 2.45) is 0 Å². The van der Waals surface area contributed by atoms with Crippen LogP contribution in [-0.2, 0) is 9.59 Å². The molecule has 0 fully saturated rings.